The van der Waals surface area contributed by atoms with E-state index >= 15 is 0 Å². The number of hydrogen-bond donors (Lipinski definition) is 0. The molecule has 0 bridgehead atoms. The lowest BCUT2D eigenvalue weighted by Crippen LogP contribution is -2.48. The number of sulfonamides is 2. The monoisotopic (exact) mass is 458 g/mol. The van der Waals surface area contributed by atoms with Crippen molar-refractivity contribution in [2.24, 2.45) is 0 Å². The Morgan fingerprint density at radius 1 is 0.600 bits per heavy atom. The van der Waals surface area contributed by atoms with Crippen molar-refractivity contribution in [2.45, 2.75) is 26.9 Å². The van der Waals surface area contributed by atoms with Crippen LogP contribution < -0.4 is 0 Å². The van der Waals surface area contributed by atoms with Crippen molar-refractivity contribution in [3.8, 4) is 0 Å². The van der Waals surface area contributed by atoms with Gasteiger partial charge in [0.2, 0.25) is 20.0 Å². The first-order valence-corrected chi connectivity index (χ1v) is 13.9. The predicted octanol–water partition coefficient (Wildman–Crippen LogP) is 0.621. The van der Waals surface area contributed by atoms with Gasteiger partial charge in [0.05, 0.1) is 11.5 Å². The van der Waals surface area contributed by atoms with Crippen molar-refractivity contribution < 1.29 is 16.8 Å². The molecule has 8 nitrogen and oxygen atoms in total. The second-order valence-electron chi connectivity index (χ2n) is 7.97. The fourth-order valence-electron chi connectivity index (χ4n) is 3.96. The van der Waals surface area contributed by atoms with Gasteiger partial charge in [0.25, 0.3) is 0 Å². The zero-order valence-corrected chi connectivity index (χ0v) is 19.7. The lowest BCUT2D eigenvalue weighted by atomic mass is 10.1. The first-order chi connectivity index (χ1) is 14.2. The van der Waals surface area contributed by atoms with Crippen LogP contribution in [0.15, 0.2) is 24.3 Å². The largest absolute Gasteiger partial charge is 0.296 e. The quantitative estimate of drug-likeness (QED) is 0.568. The molecule has 0 unspecified atom stereocenters. The molecule has 170 valence electrons. The molecule has 2 heterocycles. The van der Waals surface area contributed by atoms with E-state index in [-0.39, 0.29) is 11.5 Å². The summed E-state index contributed by atoms with van der Waals surface area (Å²) in [4.78, 5) is 4.59. The molecule has 0 saturated carbocycles. The zero-order chi connectivity index (χ0) is 21.8. The molecule has 0 radical (unpaired) electrons. The van der Waals surface area contributed by atoms with Crippen LogP contribution in [0.2, 0.25) is 0 Å². The summed E-state index contributed by atoms with van der Waals surface area (Å²) in [5.41, 5.74) is 2.45. The molecule has 0 amide bonds. The maximum atomic E-state index is 12.0. The van der Waals surface area contributed by atoms with E-state index in [0.717, 1.165) is 39.3 Å². The number of rotatable bonds is 8. The molecular formula is C20H34N4O4S2. The Balaban J connectivity index is 1.45. The molecule has 30 heavy (non-hydrogen) atoms. The predicted molar refractivity (Wildman–Crippen MR) is 119 cm³/mol. The molecule has 2 fully saturated rings. The highest BCUT2D eigenvalue weighted by Crippen LogP contribution is 2.15. The third kappa shape index (κ3) is 6.02. The highest BCUT2D eigenvalue weighted by molar-refractivity contribution is 7.89. The van der Waals surface area contributed by atoms with Gasteiger partial charge in [-0.25, -0.2) is 16.8 Å². The molecule has 0 atom stereocenters. The van der Waals surface area contributed by atoms with E-state index in [1.807, 2.05) is 0 Å². The average Bonchev–Trinajstić information content (AvgIpc) is 2.76. The van der Waals surface area contributed by atoms with E-state index in [0.29, 0.717) is 26.2 Å². The number of benzene rings is 1. The van der Waals surface area contributed by atoms with Crippen molar-refractivity contribution >= 4 is 20.0 Å². The van der Waals surface area contributed by atoms with Crippen LogP contribution in [-0.2, 0) is 33.1 Å². The Labute approximate surface area is 181 Å². The van der Waals surface area contributed by atoms with E-state index in [9.17, 15) is 16.8 Å². The lowest BCUT2D eigenvalue weighted by Gasteiger charge is -2.34. The van der Waals surface area contributed by atoms with Crippen molar-refractivity contribution in [1.29, 1.82) is 0 Å². The van der Waals surface area contributed by atoms with Crippen molar-refractivity contribution in [3.63, 3.8) is 0 Å². The average molecular weight is 459 g/mol. The zero-order valence-electron chi connectivity index (χ0n) is 18.0. The van der Waals surface area contributed by atoms with Gasteiger partial charge in [-0.3, -0.25) is 9.80 Å². The molecule has 1 aromatic rings. The molecule has 0 aromatic heterocycles. The van der Waals surface area contributed by atoms with Crippen molar-refractivity contribution in [2.75, 3.05) is 63.9 Å². The minimum absolute atomic E-state index is 0.165. The van der Waals surface area contributed by atoms with Crippen LogP contribution in [0, 0.1) is 0 Å². The van der Waals surface area contributed by atoms with Gasteiger partial charge >= 0.3 is 0 Å². The summed E-state index contributed by atoms with van der Waals surface area (Å²) in [7, 11) is -6.17. The summed E-state index contributed by atoms with van der Waals surface area (Å²) in [5, 5.41) is 0. The van der Waals surface area contributed by atoms with Crippen LogP contribution in [0.1, 0.15) is 25.0 Å². The maximum absolute atomic E-state index is 12.0. The van der Waals surface area contributed by atoms with E-state index in [1.54, 1.807) is 22.5 Å². The summed E-state index contributed by atoms with van der Waals surface area (Å²) in [6.45, 7) is 10.3. The Hall–Kier alpha value is -1.04. The summed E-state index contributed by atoms with van der Waals surface area (Å²) < 4.78 is 51.1. The molecule has 10 heteroatoms. The van der Waals surface area contributed by atoms with E-state index < -0.39 is 20.0 Å². The van der Waals surface area contributed by atoms with Gasteiger partial charge in [-0.05, 0) is 25.0 Å². The fourth-order valence-corrected chi connectivity index (χ4v) is 6.13. The third-order valence-corrected chi connectivity index (χ3v) is 9.78. The highest BCUT2D eigenvalue weighted by atomic mass is 32.2. The SMILES string of the molecule is CCS(=O)(=O)N1CCN(Cc2ccc(CN3CCN(S(=O)(=O)CC)CC3)cc2)CC1. The number of piperazine rings is 2. The van der Waals surface area contributed by atoms with Gasteiger partial charge in [-0.1, -0.05) is 24.3 Å². The van der Waals surface area contributed by atoms with Gasteiger partial charge in [0.15, 0.2) is 0 Å². The first kappa shape index (κ1) is 23.6. The topological polar surface area (TPSA) is 81.2 Å². The summed E-state index contributed by atoms with van der Waals surface area (Å²) in [6.07, 6.45) is 0. The molecule has 0 spiro atoms. The summed E-state index contributed by atoms with van der Waals surface area (Å²) >= 11 is 0. The molecule has 3 rings (SSSR count). The minimum Gasteiger partial charge on any atom is -0.296 e. The second-order valence-corrected chi connectivity index (χ2v) is 12.5. The maximum Gasteiger partial charge on any atom is 0.213 e. The van der Waals surface area contributed by atoms with Crippen LogP contribution in [0.4, 0.5) is 0 Å². The molecule has 2 aliphatic heterocycles. The first-order valence-electron chi connectivity index (χ1n) is 10.7. The van der Waals surface area contributed by atoms with Gasteiger partial charge in [-0.15, -0.1) is 0 Å². The number of hydrogen-bond acceptors (Lipinski definition) is 6. The van der Waals surface area contributed by atoms with E-state index in [4.69, 9.17) is 0 Å². The molecular weight excluding hydrogens is 424 g/mol. The van der Waals surface area contributed by atoms with Crippen LogP contribution in [0.3, 0.4) is 0 Å². The Bertz CT molecular complexity index is 812. The van der Waals surface area contributed by atoms with Crippen molar-refractivity contribution in [1.82, 2.24) is 18.4 Å². The smallest absolute Gasteiger partial charge is 0.213 e. The van der Waals surface area contributed by atoms with Crippen LogP contribution in [0.5, 0.6) is 0 Å². The van der Waals surface area contributed by atoms with E-state index in [1.165, 1.54) is 11.1 Å². The van der Waals surface area contributed by atoms with Crippen LogP contribution >= 0.6 is 0 Å². The van der Waals surface area contributed by atoms with Crippen molar-refractivity contribution in [3.05, 3.63) is 35.4 Å². The fraction of sp³-hybridized carbons (Fsp3) is 0.700. The second kappa shape index (κ2) is 10.1. The molecule has 2 aliphatic rings. The van der Waals surface area contributed by atoms with Crippen LogP contribution in [0.25, 0.3) is 0 Å². The van der Waals surface area contributed by atoms with Gasteiger partial charge in [0, 0.05) is 65.4 Å². The Kier molecular flexibility index (Phi) is 7.92. The van der Waals surface area contributed by atoms with E-state index in [2.05, 4.69) is 34.1 Å². The normalized spacial score (nSPS) is 21.1. The molecule has 0 aliphatic carbocycles. The number of nitrogens with zero attached hydrogens (tertiary/aromatic N) is 4. The lowest BCUT2D eigenvalue weighted by molar-refractivity contribution is 0.180. The van der Waals surface area contributed by atoms with Gasteiger partial charge in [-0.2, -0.15) is 8.61 Å². The van der Waals surface area contributed by atoms with Gasteiger partial charge < -0.3 is 0 Å². The molecule has 2 saturated heterocycles. The molecule has 0 N–H and O–H groups in total. The van der Waals surface area contributed by atoms with Gasteiger partial charge in [0.1, 0.15) is 0 Å². The molecule has 1 aromatic carbocycles. The highest BCUT2D eigenvalue weighted by Gasteiger charge is 2.26. The van der Waals surface area contributed by atoms with Crippen LogP contribution in [-0.4, -0.2) is 99.1 Å². The Morgan fingerprint density at radius 3 is 1.17 bits per heavy atom. The standard InChI is InChI=1S/C20H34N4O4S2/c1-3-29(25,26)23-13-9-21(10-14-23)17-19-5-7-20(8-6-19)18-22-11-15-24(16-12-22)30(27,28)4-2/h5-8H,3-4,9-18H2,1-2H3. The Morgan fingerprint density at radius 2 is 0.900 bits per heavy atom. The minimum atomic E-state index is -3.09. The summed E-state index contributed by atoms with van der Waals surface area (Å²) in [6, 6.07) is 8.56. The summed E-state index contributed by atoms with van der Waals surface area (Å²) in [5.74, 6) is 0.329. The third-order valence-electron chi connectivity index (χ3n) is 6.01.